The van der Waals surface area contributed by atoms with E-state index < -0.39 is 0 Å². The summed E-state index contributed by atoms with van der Waals surface area (Å²) in [5, 5.41) is 11.2. The van der Waals surface area contributed by atoms with Crippen LogP contribution in [0.5, 0.6) is 0 Å². The zero-order valence-electron chi connectivity index (χ0n) is 10.5. The summed E-state index contributed by atoms with van der Waals surface area (Å²) in [4.78, 5) is 17.3. The lowest BCUT2D eigenvalue weighted by molar-refractivity contribution is 0.0934. The largest absolute Gasteiger partial charge is 0.342 e. The fourth-order valence-electron chi connectivity index (χ4n) is 1.44. The van der Waals surface area contributed by atoms with Crippen LogP contribution in [0, 0.1) is 6.92 Å². The minimum atomic E-state index is -0.295. The molecule has 0 aliphatic rings. The molecule has 0 aromatic carbocycles. The monoisotopic (exact) mass is 278 g/mol. The van der Waals surface area contributed by atoms with Gasteiger partial charge >= 0.3 is 0 Å². The minimum Gasteiger partial charge on any atom is -0.342 e. The molecule has 1 amide bonds. The van der Waals surface area contributed by atoms with Crippen LogP contribution in [-0.4, -0.2) is 21.1 Å². The highest BCUT2D eigenvalue weighted by Crippen LogP contribution is 2.19. The highest BCUT2D eigenvalue weighted by molar-refractivity contribution is 7.11. The molecule has 2 heterocycles. The molecule has 0 aliphatic carbocycles. The molecule has 0 saturated carbocycles. The summed E-state index contributed by atoms with van der Waals surface area (Å²) in [6, 6.07) is 2.97. The number of nitrogen functional groups attached to an aromatic ring is 1. The Labute approximate surface area is 114 Å². The lowest BCUT2D eigenvalue weighted by atomic mass is 10.3. The number of hydrogen-bond donors (Lipinski definition) is 3. The van der Waals surface area contributed by atoms with Gasteiger partial charge in [0.15, 0.2) is 11.5 Å². The number of aromatic nitrogens is 3. The Morgan fingerprint density at radius 2 is 2.21 bits per heavy atom. The van der Waals surface area contributed by atoms with Gasteiger partial charge in [-0.05, 0) is 26.0 Å². The van der Waals surface area contributed by atoms with E-state index in [0.29, 0.717) is 5.82 Å². The van der Waals surface area contributed by atoms with Gasteiger partial charge in [0.25, 0.3) is 5.91 Å². The van der Waals surface area contributed by atoms with E-state index in [1.165, 1.54) is 0 Å². The van der Waals surface area contributed by atoms with E-state index in [4.69, 9.17) is 5.84 Å². The third-order valence-corrected chi connectivity index (χ3v) is 3.50. The first kappa shape index (κ1) is 13.4. The number of anilines is 1. The summed E-state index contributed by atoms with van der Waals surface area (Å²) < 4.78 is 0. The molecule has 100 valence electrons. The predicted molar refractivity (Wildman–Crippen MR) is 72.6 cm³/mol. The number of rotatable bonds is 4. The van der Waals surface area contributed by atoms with Crippen molar-refractivity contribution in [2.75, 3.05) is 5.43 Å². The van der Waals surface area contributed by atoms with Gasteiger partial charge in [-0.15, -0.1) is 21.5 Å². The Hall–Kier alpha value is -2.06. The molecule has 2 aromatic rings. The minimum absolute atomic E-state index is 0.166. The van der Waals surface area contributed by atoms with Crippen LogP contribution in [0.3, 0.4) is 0 Å². The van der Waals surface area contributed by atoms with Crippen LogP contribution in [0.4, 0.5) is 5.82 Å². The molecule has 4 N–H and O–H groups in total. The molecule has 0 spiro atoms. The number of nitrogens with zero attached hydrogens (tertiary/aromatic N) is 3. The highest BCUT2D eigenvalue weighted by atomic mass is 32.1. The first-order chi connectivity index (χ1) is 9.10. The smallest absolute Gasteiger partial charge is 0.272 e. The van der Waals surface area contributed by atoms with Crippen molar-refractivity contribution in [3.63, 3.8) is 0 Å². The summed E-state index contributed by atoms with van der Waals surface area (Å²) in [7, 11) is 0. The van der Waals surface area contributed by atoms with Crippen LogP contribution in [0.2, 0.25) is 0 Å². The lowest BCUT2D eigenvalue weighted by Crippen LogP contribution is -2.27. The van der Waals surface area contributed by atoms with Crippen molar-refractivity contribution in [3.05, 3.63) is 33.9 Å². The summed E-state index contributed by atoms with van der Waals surface area (Å²) >= 11 is 1.55. The average molecular weight is 278 g/mol. The van der Waals surface area contributed by atoms with E-state index in [2.05, 4.69) is 25.9 Å². The number of hydrazine groups is 1. The van der Waals surface area contributed by atoms with Crippen molar-refractivity contribution in [1.29, 1.82) is 0 Å². The van der Waals surface area contributed by atoms with Crippen molar-refractivity contribution in [3.8, 4) is 0 Å². The van der Waals surface area contributed by atoms with Gasteiger partial charge in [-0.3, -0.25) is 4.79 Å². The first-order valence-electron chi connectivity index (χ1n) is 5.63. The molecule has 19 heavy (non-hydrogen) atoms. The van der Waals surface area contributed by atoms with E-state index >= 15 is 0 Å². The molecule has 0 fully saturated rings. The van der Waals surface area contributed by atoms with Crippen molar-refractivity contribution >= 4 is 23.1 Å². The Morgan fingerprint density at radius 3 is 2.74 bits per heavy atom. The third-order valence-electron chi connectivity index (χ3n) is 2.40. The maximum Gasteiger partial charge on any atom is 0.272 e. The van der Waals surface area contributed by atoms with Gasteiger partial charge < -0.3 is 10.7 Å². The molecular weight excluding hydrogens is 264 g/mol. The second kappa shape index (κ2) is 5.72. The quantitative estimate of drug-likeness (QED) is 0.569. The maximum atomic E-state index is 11.9. The highest BCUT2D eigenvalue weighted by Gasteiger charge is 2.15. The molecular formula is C11H14N6OS. The zero-order valence-corrected chi connectivity index (χ0v) is 11.4. The van der Waals surface area contributed by atoms with E-state index in [1.807, 2.05) is 13.8 Å². The molecule has 0 saturated heterocycles. The molecule has 2 rings (SSSR count). The summed E-state index contributed by atoms with van der Waals surface area (Å²) in [5.74, 6) is 5.28. The van der Waals surface area contributed by atoms with Gasteiger partial charge in [0.2, 0.25) is 0 Å². The number of hydrogen-bond acceptors (Lipinski definition) is 7. The van der Waals surface area contributed by atoms with Gasteiger partial charge in [-0.25, -0.2) is 10.8 Å². The van der Waals surface area contributed by atoms with Crippen LogP contribution in [0.25, 0.3) is 0 Å². The second-order valence-corrected chi connectivity index (χ2v) is 5.22. The van der Waals surface area contributed by atoms with Crippen LogP contribution < -0.4 is 16.6 Å². The fourth-order valence-corrected chi connectivity index (χ4v) is 2.21. The maximum absolute atomic E-state index is 11.9. The molecule has 7 nitrogen and oxygen atoms in total. The van der Waals surface area contributed by atoms with Crippen LogP contribution in [-0.2, 0) is 0 Å². The van der Waals surface area contributed by atoms with Crippen molar-refractivity contribution in [2.24, 2.45) is 5.84 Å². The van der Waals surface area contributed by atoms with Gasteiger partial charge in [0.05, 0.1) is 6.04 Å². The van der Waals surface area contributed by atoms with Gasteiger partial charge in [-0.1, -0.05) is 0 Å². The fraction of sp³-hybridized carbons (Fsp3) is 0.273. The summed E-state index contributed by atoms with van der Waals surface area (Å²) in [6.07, 6.45) is 1.78. The van der Waals surface area contributed by atoms with E-state index in [-0.39, 0.29) is 17.6 Å². The number of carbonyl (C=O) groups is 1. The first-order valence-corrected chi connectivity index (χ1v) is 6.45. The standard InChI is InChI=1S/C11H14N6OS/c1-6-5-13-11(19-6)7(2)14-10(18)8-3-4-9(15-12)17-16-8/h3-5,7H,12H2,1-2H3,(H,14,18)(H,15,17). The van der Waals surface area contributed by atoms with Crippen molar-refractivity contribution in [2.45, 2.75) is 19.9 Å². The third kappa shape index (κ3) is 3.24. The molecule has 1 atom stereocenters. The van der Waals surface area contributed by atoms with E-state index in [9.17, 15) is 4.79 Å². The number of aryl methyl sites for hydroxylation is 1. The topological polar surface area (TPSA) is 106 Å². The Bertz CT molecular complexity index is 567. The van der Waals surface area contributed by atoms with E-state index in [1.54, 1.807) is 29.7 Å². The predicted octanol–water partition coefficient (Wildman–Crippen LogP) is 1.02. The lowest BCUT2D eigenvalue weighted by Gasteiger charge is -2.10. The molecule has 0 bridgehead atoms. The SMILES string of the molecule is Cc1cnc(C(C)NC(=O)c2ccc(NN)nn2)s1. The Morgan fingerprint density at radius 1 is 1.42 bits per heavy atom. The summed E-state index contributed by atoms with van der Waals surface area (Å²) in [6.45, 7) is 3.85. The molecule has 2 aromatic heterocycles. The van der Waals surface area contributed by atoms with Crippen molar-refractivity contribution < 1.29 is 4.79 Å². The molecule has 0 aliphatic heterocycles. The van der Waals surface area contributed by atoms with Gasteiger partial charge in [-0.2, -0.15) is 0 Å². The normalized spacial score (nSPS) is 11.9. The molecule has 8 heteroatoms. The number of amides is 1. The number of thiazole rings is 1. The van der Waals surface area contributed by atoms with E-state index in [0.717, 1.165) is 9.88 Å². The summed E-state index contributed by atoms with van der Waals surface area (Å²) in [5.41, 5.74) is 2.58. The zero-order chi connectivity index (χ0) is 13.8. The van der Waals surface area contributed by atoms with Gasteiger partial charge in [0.1, 0.15) is 5.01 Å². The number of nitrogens with two attached hydrogens (primary N) is 1. The van der Waals surface area contributed by atoms with Gasteiger partial charge in [0, 0.05) is 11.1 Å². The average Bonchev–Trinajstić information content (AvgIpc) is 2.85. The Kier molecular flexibility index (Phi) is 4.03. The van der Waals surface area contributed by atoms with Crippen molar-refractivity contribution in [1.82, 2.24) is 20.5 Å². The number of carbonyl (C=O) groups excluding carboxylic acids is 1. The van der Waals surface area contributed by atoms with Crippen LogP contribution in [0.1, 0.15) is 33.3 Å². The second-order valence-electron chi connectivity index (χ2n) is 3.95. The number of nitrogens with one attached hydrogen (secondary N) is 2. The Balaban J connectivity index is 2.03. The molecule has 0 radical (unpaired) electrons. The molecule has 1 unspecified atom stereocenters. The van der Waals surface area contributed by atoms with Crippen LogP contribution in [0.15, 0.2) is 18.3 Å². The van der Waals surface area contributed by atoms with Crippen LogP contribution >= 0.6 is 11.3 Å².